The van der Waals surface area contributed by atoms with E-state index in [-0.39, 0.29) is 4.75 Å². The zero-order valence-electron chi connectivity index (χ0n) is 9.33. The number of aryl methyl sites for hydroxylation is 2. The third kappa shape index (κ3) is 1.74. The number of rotatable bonds is 2. The number of methoxy groups -OCH3 is 1. The van der Waals surface area contributed by atoms with Crippen molar-refractivity contribution in [3.05, 3.63) is 28.8 Å². The quantitative estimate of drug-likeness (QED) is 0.778. The van der Waals surface area contributed by atoms with Crippen LogP contribution < -0.4 is 4.74 Å². The van der Waals surface area contributed by atoms with Gasteiger partial charge in [-0.2, -0.15) is 12.6 Å². The molecule has 0 aromatic heterocycles. The van der Waals surface area contributed by atoms with Gasteiger partial charge in [0.15, 0.2) is 0 Å². The van der Waals surface area contributed by atoms with Gasteiger partial charge >= 0.3 is 0 Å². The Morgan fingerprint density at radius 1 is 1.27 bits per heavy atom. The molecule has 1 fully saturated rings. The molecular weight excluding hydrogens is 208 g/mol. The van der Waals surface area contributed by atoms with Crippen LogP contribution in [0.5, 0.6) is 5.75 Å². The fraction of sp³-hybridized carbons (Fsp3) is 0.500. The summed E-state index contributed by atoms with van der Waals surface area (Å²) in [6, 6.07) is 4.23. The first-order valence-electron chi connectivity index (χ1n) is 5.03. The molecule has 0 radical (unpaired) electrons. The number of ether oxygens (including phenoxy) is 2. The lowest BCUT2D eigenvalue weighted by molar-refractivity contribution is -0.00999. The molecule has 82 valence electrons. The number of benzene rings is 1. The molecule has 0 N–H and O–H groups in total. The minimum atomic E-state index is -0.0961. The molecule has 0 amide bonds. The van der Waals surface area contributed by atoms with Crippen molar-refractivity contribution < 1.29 is 9.47 Å². The van der Waals surface area contributed by atoms with Crippen molar-refractivity contribution in [3.63, 3.8) is 0 Å². The molecule has 0 saturated carbocycles. The number of hydrogen-bond donors (Lipinski definition) is 1. The minimum absolute atomic E-state index is 0.0961. The van der Waals surface area contributed by atoms with Gasteiger partial charge in [-0.3, -0.25) is 0 Å². The average Bonchev–Trinajstić information content (AvgIpc) is 2.17. The monoisotopic (exact) mass is 224 g/mol. The van der Waals surface area contributed by atoms with Crippen LogP contribution in [0.15, 0.2) is 12.1 Å². The predicted molar refractivity (Wildman–Crippen MR) is 64.0 cm³/mol. The maximum Gasteiger partial charge on any atom is 0.122 e. The van der Waals surface area contributed by atoms with Crippen LogP contribution in [0.2, 0.25) is 0 Å². The van der Waals surface area contributed by atoms with Crippen molar-refractivity contribution in [1.82, 2.24) is 0 Å². The van der Waals surface area contributed by atoms with Crippen LogP contribution >= 0.6 is 12.6 Å². The third-order valence-corrected chi connectivity index (χ3v) is 3.42. The Morgan fingerprint density at radius 3 is 2.40 bits per heavy atom. The smallest absolute Gasteiger partial charge is 0.122 e. The van der Waals surface area contributed by atoms with E-state index in [1.807, 2.05) is 0 Å². The van der Waals surface area contributed by atoms with Gasteiger partial charge in [0.05, 0.1) is 25.1 Å². The molecule has 1 saturated heterocycles. The van der Waals surface area contributed by atoms with E-state index in [0.29, 0.717) is 13.2 Å². The zero-order valence-corrected chi connectivity index (χ0v) is 10.2. The van der Waals surface area contributed by atoms with E-state index < -0.39 is 0 Å². The second kappa shape index (κ2) is 3.72. The van der Waals surface area contributed by atoms with Gasteiger partial charge in [-0.1, -0.05) is 6.07 Å². The lowest BCUT2D eigenvalue weighted by Crippen LogP contribution is -2.42. The Morgan fingerprint density at radius 2 is 1.93 bits per heavy atom. The first-order chi connectivity index (χ1) is 7.07. The van der Waals surface area contributed by atoms with Crippen molar-refractivity contribution in [3.8, 4) is 5.75 Å². The van der Waals surface area contributed by atoms with Crippen LogP contribution in [0.25, 0.3) is 0 Å². The van der Waals surface area contributed by atoms with E-state index >= 15 is 0 Å². The number of thiol groups is 1. The second-order valence-electron chi connectivity index (χ2n) is 4.16. The van der Waals surface area contributed by atoms with Gasteiger partial charge in [-0.25, -0.2) is 0 Å². The molecule has 1 aromatic carbocycles. The lowest BCUT2D eigenvalue weighted by atomic mass is 9.90. The van der Waals surface area contributed by atoms with Crippen molar-refractivity contribution >= 4 is 12.6 Å². The number of hydrogen-bond acceptors (Lipinski definition) is 3. The molecule has 0 spiro atoms. The van der Waals surface area contributed by atoms with Gasteiger partial charge in [-0.05, 0) is 36.6 Å². The van der Waals surface area contributed by atoms with E-state index in [2.05, 4.69) is 38.6 Å². The summed E-state index contributed by atoms with van der Waals surface area (Å²) in [6.45, 7) is 5.54. The standard InChI is InChI=1S/C12H16O2S/c1-8-5-11(13-3)9(2)4-10(8)12(15)6-14-7-12/h4-5,15H,6-7H2,1-3H3. The molecule has 2 rings (SSSR count). The molecule has 15 heavy (non-hydrogen) atoms. The Labute approximate surface area is 96.0 Å². The molecule has 1 aliphatic rings. The van der Waals surface area contributed by atoms with Gasteiger partial charge in [0.1, 0.15) is 5.75 Å². The van der Waals surface area contributed by atoms with Crippen LogP contribution in [-0.4, -0.2) is 20.3 Å². The molecule has 1 aromatic rings. The van der Waals surface area contributed by atoms with Crippen LogP contribution in [0, 0.1) is 13.8 Å². The summed E-state index contributed by atoms with van der Waals surface area (Å²) in [5.41, 5.74) is 3.63. The van der Waals surface area contributed by atoms with Gasteiger partial charge in [0, 0.05) is 0 Å². The van der Waals surface area contributed by atoms with E-state index in [9.17, 15) is 0 Å². The molecule has 0 atom stereocenters. The van der Waals surface area contributed by atoms with Gasteiger partial charge in [0.2, 0.25) is 0 Å². The minimum Gasteiger partial charge on any atom is -0.496 e. The predicted octanol–water partition coefficient (Wildman–Crippen LogP) is 2.47. The Kier molecular flexibility index (Phi) is 2.69. The molecule has 3 heteroatoms. The first-order valence-corrected chi connectivity index (χ1v) is 5.47. The van der Waals surface area contributed by atoms with E-state index in [4.69, 9.17) is 9.47 Å². The molecule has 2 nitrogen and oxygen atoms in total. The third-order valence-electron chi connectivity index (χ3n) is 2.92. The fourth-order valence-electron chi connectivity index (χ4n) is 1.96. The fourth-order valence-corrected chi connectivity index (χ4v) is 2.39. The summed E-state index contributed by atoms with van der Waals surface area (Å²) >= 11 is 4.68. The summed E-state index contributed by atoms with van der Waals surface area (Å²) in [6.07, 6.45) is 0. The van der Waals surface area contributed by atoms with Crippen LogP contribution in [-0.2, 0) is 9.48 Å². The summed E-state index contributed by atoms with van der Waals surface area (Å²) in [7, 11) is 1.70. The van der Waals surface area contributed by atoms with Crippen molar-refractivity contribution in [2.75, 3.05) is 20.3 Å². The molecule has 0 bridgehead atoms. The highest BCUT2D eigenvalue weighted by molar-refractivity contribution is 7.81. The lowest BCUT2D eigenvalue weighted by Gasteiger charge is -2.38. The summed E-state index contributed by atoms with van der Waals surface area (Å²) in [5.74, 6) is 0.938. The molecule has 1 heterocycles. The van der Waals surface area contributed by atoms with Crippen molar-refractivity contribution in [2.45, 2.75) is 18.6 Å². The van der Waals surface area contributed by atoms with Crippen LogP contribution in [0.3, 0.4) is 0 Å². The highest BCUT2D eigenvalue weighted by Crippen LogP contribution is 2.39. The van der Waals surface area contributed by atoms with E-state index in [1.54, 1.807) is 7.11 Å². The average molecular weight is 224 g/mol. The molecule has 0 aliphatic carbocycles. The highest BCUT2D eigenvalue weighted by atomic mass is 32.1. The van der Waals surface area contributed by atoms with E-state index in [0.717, 1.165) is 11.3 Å². The molecular formula is C12H16O2S. The van der Waals surface area contributed by atoms with Crippen LogP contribution in [0.1, 0.15) is 16.7 Å². The Balaban J connectivity index is 2.45. The van der Waals surface area contributed by atoms with Crippen LogP contribution in [0.4, 0.5) is 0 Å². The first kappa shape index (κ1) is 10.8. The normalized spacial score (nSPS) is 18.4. The summed E-state index contributed by atoms with van der Waals surface area (Å²) < 4.78 is 10.4. The van der Waals surface area contributed by atoms with Gasteiger partial charge in [-0.15, -0.1) is 0 Å². The second-order valence-corrected chi connectivity index (χ2v) is 5.02. The highest BCUT2D eigenvalue weighted by Gasteiger charge is 2.37. The Bertz CT molecular complexity index is 383. The maximum absolute atomic E-state index is 5.29. The Hall–Kier alpha value is -0.670. The molecule has 1 aliphatic heterocycles. The maximum atomic E-state index is 5.29. The van der Waals surface area contributed by atoms with E-state index in [1.165, 1.54) is 11.1 Å². The molecule has 0 unspecified atom stereocenters. The van der Waals surface area contributed by atoms with Gasteiger partial charge < -0.3 is 9.47 Å². The van der Waals surface area contributed by atoms with Crippen molar-refractivity contribution in [2.24, 2.45) is 0 Å². The summed E-state index contributed by atoms with van der Waals surface area (Å²) in [5, 5.41) is 0. The SMILES string of the molecule is COc1cc(C)c(C2(S)COC2)cc1C. The van der Waals surface area contributed by atoms with Gasteiger partial charge in [0.25, 0.3) is 0 Å². The largest absolute Gasteiger partial charge is 0.496 e. The zero-order chi connectivity index (χ0) is 11.1. The summed E-state index contributed by atoms with van der Waals surface area (Å²) in [4.78, 5) is 0. The van der Waals surface area contributed by atoms with Crippen molar-refractivity contribution in [1.29, 1.82) is 0 Å². The topological polar surface area (TPSA) is 18.5 Å².